The Morgan fingerprint density at radius 3 is 2.37 bits per heavy atom. The third-order valence-corrected chi connectivity index (χ3v) is 3.46. The quantitative estimate of drug-likeness (QED) is 0.802. The zero-order valence-electron chi connectivity index (χ0n) is 12.6. The highest BCUT2D eigenvalue weighted by Crippen LogP contribution is 2.28. The molecular formula is C16H25NO2. The van der Waals surface area contributed by atoms with Crippen molar-refractivity contribution in [3.8, 4) is 0 Å². The number of hydrogen-bond donors (Lipinski definition) is 1. The molecule has 2 atom stereocenters. The van der Waals surface area contributed by atoms with Gasteiger partial charge in [-0.1, -0.05) is 44.2 Å². The van der Waals surface area contributed by atoms with Gasteiger partial charge in [0.15, 0.2) is 0 Å². The molecule has 0 fully saturated rings. The van der Waals surface area contributed by atoms with Crippen molar-refractivity contribution >= 4 is 5.97 Å². The highest BCUT2D eigenvalue weighted by Gasteiger charge is 2.25. The average Bonchev–Trinajstić information content (AvgIpc) is 2.38. The van der Waals surface area contributed by atoms with Crippen molar-refractivity contribution in [2.24, 2.45) is 0 Å². The molecule has 0 radical (unpaired) electrons. The second-order valence-electron chi connectivity index (χ2n) is 5.77. The Hall–Kier alpha value is -1.35. The van der Waals surface area contributed by atoms with Gasteiger partial charge in [0.2, 0.25) is 0 Å². The Morgan fingerprint density at radius 1 is 1.26 bits per heavy atom. The van der Waals surface area contributed by atoms with Crippen molar-refractivity contribution in [3.05, 3.63) is 35.9 Å². The first kappa shape index (κ1) is 15.7. The summed E-state index contributed by atoms with van der Waals surface area (Å²) in [6, 6.07) is 10.4. The SMILES string of the molecule is COC(=O)[C@H](C)NC(C)CC(C)(C)c1ccccc1. The van der Waals surface area contributed by atoms with Gasteiger partial charge >= 0.3 is 5.97 Å². The molecule has 0 saturated heterocycles. The number of methoxy groups -OCH3 is 1. The lowest BCUT2D eigenvalue weighted by molar-refractivity contribution is -0.142. The van der Waals surface area contributed by atoms with Crippen LogP contribution in [0.5, 0.6) is 0 Å². The van der Waals surface area contributed by atoms with E-state index in [0.29, 0.717) is 0 Å². The summed E-state index contributed by atoms with van der Waals surface area (Å²) >= 11 is 0. The standard InChI is InChI=1S/C16H25NO2/c1-12(17-13(2)15(18)19-5)11-16(3,4)14-9-7-6-8-10-14/h6-10,12-13,17H,11H2,1-5H3/t12?,13-/m0/s1. The first-order valence-corrected chi connectivity index (χ1v) is 6.76. The Balaban J connectivity index is 2.61. The van der Waals surface area contributed by atoms with Crippen LogP contribution < -0.4 is 5.32 Å². The average molecular weight is 263 g/mol. The molecule has 0 saturated carbocycles. The molecule has 1 aromatic rings. The van der Waals surface area contributed by atoms with Crippen molar-refractivity contribution in [1.82, 2.24) is 5.32 Å². The number of benzene rings is 1. The van der Waals surface area contributed by atoms with Gasteiger partial charge in [0.1, 0.15) is 6.04 Å². The minimum absolute atomic E-state index is 0.0729. The molecule has 1 unspecified atom stereocenters. The van der Waals surface area contributed by atoms with Crippen LogP contribution in [0.4, 0.5) is 0 Å². The summed E-state index contributed by atoms with van der Waals surface area (Å²) in [5.41, 5.74) is 1.39. The van der Waals surface area contributed by atoms with E-state index in [1.165, 1.54) is 12.7 Å². The smallest absolute Gasteiger partial charge is 0.322 e. The summed E-state index contributed by atoms with van der Waals surface area (Å²) in [5, 5.41) is 3.28. The van der Waals surface area contributed by atoms with E-state index >= 15 is 0 Å². The maximum Gasteiger partial charge on any atom is 0.322 e. The highest BCUT2D eigenvalue weighted by atomic mass is 16.5. The van der Waals surface area contributed by atoms with Crippen molar-refractivity contribution in [3.63, 3.8) is 0 Å². The largest absolute Gasteiger partial charge is 0.468 e. The minimum atomic E-state index is -0.272. The van der Waals surface area contributed by atoms with E-state index < -0.39 is 0 Å². The first-order valence-electron chi connectivity index (χ1n) is 6.76. The van der Waals surface area contributed by atoms with E-state index in [4.69, 9.17) is 4.74 Å². The molecule has 1 aromatic carbocycles. The van der Waals surface area contributed by atoms with Crippen LogP contribution >= 0.6 is 0 Å². The molecule has 0 aliphatic heterocycles. The fraction of sp³-hybridized carbons (Fsp3) is 0.562. The summed E-state index contributed by atoms with van der Waals surface area (Å²) in [6.45, 7) is 8.38. The first-order chi connectivity index (χ1) is 8.86. The van der Waals surface area contributed by atoms with Crippen molar-refractivity contribution in [1.29, 1.82) is 0 Å². The van der Waals surface area contributed by atoms with Gasteiger partial charge < -0.3 is 10.1 Å². The molecule has 0 heterocycles. The lowest BCUT2D eigenvalue weighted by Gasteiger charge is -2.30. The lowest BCUT2D eigenvalue weighted by atomic mass is 9.79. The molecule has 1 rings (SSSR count). The molecule has 0 spiro atoms. The maximum absolute atomic E-state index is 11.4. The third kappa shape index (κ3) is 4.67. The van der Waals surface area contributed by atoms with Gasteiger partial charge in [0.05, 0.1) is 7.11 Å². The Bertz CT molecular complexity index is 400. The number of carbonyl (C=O) groups is 1. The summed E-state index contributed by atoms with van der Waals surface area (Å²) in [6.07, 6.45) is 0.957. The van der Waals surface area contributed by atoms with Crippen LogP contribution in [0.2, 0.25) is 0 Å². The van der Waals surface area contributed by atoms with Crippen LogP contribution in [-0.4, -0.2) is 25.2 Å². The van der Waals surface area contributed by atoms with E-state index in [-0.39, 0.29) is 23.5 Å². The van der Waals surface area contributed by atoms with E-state index in [1.807, 2.05) is 13.0 Å². The maximum atomic E-state index is 11.4. The van der Waals surface area contributed by atoms with Crippen LogP contribution in [0, 0.1) is 0 Å². The highest BCUT2D eigenvalue weighted by molar-refractivity contribution is 5.75. The Morgan fingerprint density at radius 2 is 1.84 bits per heavy atom. The van der Waals surface area contributed by atoms with Crippen LogP contribution in [0.1, 0.15) is 39.7 Å². The number of esters is 1. The van der Waals surface area contributed by atoms with Gasteiger partial charge in [-0.05, 0) is 31.2 Å². The molecule has 0 aromatic heterocycles. The molecule has 19 heavy (non-hydrogen) atoms. The lowest BCUT2D eigenvalue weighted by Crippen LogP contribution is -2.43. The van der Waals surface area contributed by atoms with Crippen molar-refractivity contribution in [2.75, 3.05) is 7.11 Å². The molecule has 1 N–H and O–H groups in total. The molecule has 106 valence electrons. The number of ether oxygens (including phenoxy) is 1. The number of carbonyl (C=O) groups excluding carboxylic acids is 1. The molecule has 0 amide bonds. The van der Waals surface area contributed by atoms with Gasteiger partial charge in [0.25, 0.3) is 0 Å². The predicted molar refractivity (Wildman–Crippen MR) is 78.2 cm³/mol. The van der Waals surface area contributed by atoms with Crippen LogP contribution in [0.15, 0.2) is 30.3 Å². The van der Waals surface area contributed by atoms with E-state index in [2.05, 4.69) is 50.4 Å². The zero-order chi connectivity index (χ0) is 14.5. The zero-order valence-corrected chi connectivity index (χ0v) is 12.6. The number of hydrogen-bond acceptors (Lipinski definition) is 3. The molecule has 3 heteroatoms. The number of nitrogens with one attached hydrogen (secondary N) is 1. The van der Waals surface area contributed by atoms with Gasteiger partial charge in [-0.2, -0.15) is 0 Å². The van der Waals surface area contributed by atoms with Crippen LogP contribution in [-0.2, 0) is 14.9 Å². The molecule has 0 aliphatic rings. The normalized spacial score (nSPS) is 14.8. The van der Waals surface area contributed by atoms with Crippen molar-refractivity contribution < 1.29 is 9.53 Å². The molecule has 3 nitrogen and oxygen atoms in total. The summed E-state index contributed by atoms with van der Waals surface area (Å²) in [5.74, 6) is -0.218. The van der Waals surface area contributed by atoms with Gasteiger partial charge in [-0.15, -0.1) is 0 Å². The van der Waals surface area contributed by atoms with Crippen molar-refractivity contribution in [2.45, 2.75) is 51.6 Å². The topological polar surface area (TPSA) is 38.3 Å². The molecular weight excluding hydrogens is 238 g/mol. The fourth-order valence-corrected chi connectivity index (χ4v) is 2.50. The van der Waals surface area contributed by atoms with Gasteiger partial charge in [-0.25, -0.2) is 0 Å². The van der Waals surface area contributed by atoms with Gasteiger partial charge in [-0.3, -0.25) is 4.79 Å². The fourth-order valence-electron chi connectivity index (χ4n) is 2.50. The number of rotatable bonds is 6. The molecule has 0 bridgehead atoms. The van der Waals surface area contributed by atoms with Crippen LogP contribution in [0.3, 0.4) is 0 Å². The second-order valence-corrected chi connectivity index (χ2v) is 5.77. The second kappa shape index (κ2) is 6.71. The van der Waals surface area contributed by atoms with E-state index in [9.17, 15) is 4.79 Å². The van der Waals surface area contributed by atoms with E-state index in [1.54, 1.807) is 0 Å². The predicted octanol–water partition coefficient (Wildman–Crippen LogP) is 2.89. The summed E-state index contributed by atoms with van der Waals surface area (Å²) < 4.78 is 4.73. The van der Waals surface area contributed by atoms with Crippen LogP contribution in [0.25, 0.3) is 0 Å². The minimum Gasteiger partial charge on any atom is -0.468 e. The monoisotopic (exact) mass is 263 g/mol. The Kier molecular flexibility index (Phi) is 5.55. The summed E-state index contributed by atoms with van der Waals surface area (Å²) in [7, 11) is 1.42. The molecule has 0 aliphatic carbocycles. The summed E-state index contributed by atoms with van der Waals surface area (Å²) in [4.78, 5) is 11.4. The Labute approximate surface area is 116 Å². The van der Waals surface area contributed by atoms with E-state index in [0.717, 1.165) is 6.42 Å². The third-order valence-electron chi connectivity index (χ3n) is 3.46. The van der Waals surface area contributed by atoms with Gasteiger partial charge in [0, 0.05) is 6.04 Å².